The van der Waals surface area contributed by atoms with Crippen molar-refractivity contribution >= 4 is 42.4 Å². The third-order valence-electron chi connectivity index (χ3n) is 5.42. The fraction of sp³-hybridized carbons (Fsp3) is 0.560. The minimum Gasteiger partial charge on any atom is -0.508 e. The van der Waals surface area contributed by atoms with E-state index in [0.29, 0.717) is 6.42 Å². The molecule has 0 spiro atoms. The largest absolute Gasteiger partial charge is 0.508 e. The molecule has 1 aliphatic heterocycles. The number of rotatable bonds is 13. The molecule has 0 aromatic heterocycles. The van der Waals surface area contributed by atoms with Crippen LogP contribution < -0.4 is 21.3 Å². The van der Waals surface area contributed by atoms with Crippen molar-refractivity contribution in [1.82, 2.24) is 21.3 Å². The second-order valence-electron chi connectivity index (χ2n) is 9.79. The molecule has 0 bridgehead atoms. The topological polar surface area (TPSA) is 185 Å². The number of thiol groups is 1. The van der Waals surface area contributed by atoms with Crippen molar-refractivity contribution in [2.75, 3.05) is 26.0 Å². The minimum atomic E-state index is -1.10. The Bertz CT molecular complexity index is 1030. The molecule has 13 nitrogen and oxygen atoms in total. The molecule has 216 valence electrons. The molecule has 4 amide bonds. The van der Waals surface area contributed by atoms with Crippen molar-refractivity contribution in [2.45, 2.75) is 63.5 Å². The number of phenolic OH excluding ortho intramolecular Hbond substituents is 1. The fourth-order valence-electron chi connectivity index (χ4n) is 3.35. The van der Waals surface area contributed by atoms with Crippen molar-refractivity contribution in [3.63, 3.8) is 0 Å². The number of alkyl carbamates (subject to hydrolysis) is 1. The Hall–Kier alpha value is -3.52. The van der Waals surface area contributed by atoms with Gasteiger partial charge in [-0.05, 0) is 51.3 Å². The second kappa shape index (κ2) is 14.6. The first kappa shape index (κ1) is 31.7. The normalized spacial score (nSPS) is 17.7. The lowest BCUT2D eigenvalue weighted by Gasteiger charge is -2.25. The zero-order valence-corrected chi connectivity index (χ0v) is 23.2. The average Bonchev–Trinajstić information content (AvgIpc) is 3.66. The predicted octanol–water partition coefficient (Wildman–Crippen LogP) is -0.194. The van der Waals surface area contributed by atoms with Gasteiger partial charge in [-0.1, -0.05) is 12.1 Å². The zero-order chi connectivity index (χ0) is 29.2. The van der Waals surface area contributed by atoms with E-state index in [9.17, 15) is 29.1 Å². The third kappa shape index (κ3) is 11.4. The molecule has 2 rings (SSSR count). The summed E-state index contributed by atoms with van der Waals surface area (Å²) in [6, 6.07) is 4.26. The Morgan fingerprint density at radius 1 is 1.03 bits per heavy atom. The smallest absolute Gasteiger partial charge is 0.408 e. The Balaban J connectivity index is 1.90. The molecular weight excluding hydrogens is 532 g/mol. The molecular formula is C25H36N4O9S. The molecule has 4 atom stereocenters. The van der Waals surface area contributed by atoms with Gasteiger partial charge >= 0.3 is 12.1 Å². The summed E-state index contributed by atoms with van der Waals surface area (Å²) in [4.78, 5) is 61.4. The Labute approximate surface area is 232 Å². The summed E-state index contributed by atoms with van der Waals surface area (Å²) in [7, 11) is 1.23. The third-order valence-corrected chi connectivity index (χ3v) is 5.79. The van der Waals surface area contributed by atoms with E-state index in [1.165, 1.54) is 19.2 Å². The standard InChI is InChI=1S/C25H36N4O9S/c1-25(2,3)38-24(35)29-16(10-7-14-5-8-15(30)9-6-14)22(33)28-17(13-39)21(32)27-12-19(31)26-11-18-20(37-18)23(34)36-4/h5-6,8-9,16-18,20,30,39H,7,10-13H2,1-4H3,(H,26,31)(H,27,32)(H,28,33)(H,29,35). The number of hydrogen-bond donors (Lipinski definition) is 6. The van der Waals surface area contributed by atoms with Crippen LogP contribution in [0.2, 0.25) is 0 Å². The van der Waals surface area contributed by atoms with Gasteiger partial charge in [0.15, 0.2) is 6.10 Å². The number of hydrogen-bond acceptors (Lipinski definition) is 10. The van der Waals surface area contributed by atoms with E-state index in [2.05, 4.69) is 38.6 Å². The van der Waals surface area contributed by atoms with Crippen LogP contribution in [-0.4, -0.2) is 90.7 Å². The van der Waals surface area contributed by atoms with Crippen molar-refractivity contribution in [3.8, 4) is 5.75 Å². The SMILES string of the molecule is COC(=O)C1OC1CNC(=O)CNC(=O)C(CS)NC(=O)C(CCc1ccc(O)cc1)NC(=O)OC(C)(C)C. The molecule has 5 N–H and O–H groups in total. The van der Waals surface area contributed by atoms with E-state index in [4.69, 9.17) is 9.47 Å². The molecule has 4 unspecified atom stereocenters. The number of esters is 1. The highest BCUT2D eigenvalue weighted by molar-refractivity contribution is 7.80. The van der Waals surface area contributed by atoms with Gasteiger partial charge in [-0.3, -0.25) is 14.4 Å². The molecule has 1 fully saturated rings. The number of epoxide rings is 1. The molecule has 0 aliphatic carbocycles. The van der Waals surface area contributed by atoms with Gasteiger partial charge in [0.1, 0.15) is 29.5 Å². The van der Waals surface area contributed by atoms with Gasteiger partial charge in [0.25, 0.3) is 0 Å². The van der Waals surface area contributed by atoms with Crippen LogP contribution in [0.3, 0.4) is 0 Å². The maximum absolute atomic E-state index is 13.1. The molecule has 39 heavy (non-hydrogen) atoms. The Morgan fingerprint density at radius 2 is 1.69 bits per heavy atom. The molecule has 1 aliphatic rings. The number of aromatic hydroxyl groups is 1. The summed E-state index contributed by atoms with van der Waals surface area (Å²) in [6.45, 7) is 4.75. The molecule has 1 heterocycles. The lowest BCUT2D eigenvalue weighted by molar-refractivity contribution is -0.142. The number of carbonyl (C=O) groups excluding carboxylic acids is 5. The first-order valence-corrected chi connectivity index (χ1v) is 12.9. The monoisotopic (exact) mass is 568 g/mol. The summed E-state index contributed by atoms with van der Waals surface area (Å²) in [5, 5.41) is 19.5. The molecule has 1 saturated heterocycles. The maximum Gasteiger partial charge on any atom is 0.408 e. The van der Waals surface area contributed by atoms with Gasteiger partial charge in [0, 0.05) is 12.3 Å². The van der Waals surface area contributed by atoms with E-state index in [-0.39, 0.29) is 31.0 Å². The first-order valence-electron chi connectivity index (χ1n) is 12.3. The van der Waals surface area contributed by atoms with Gasteiger partial charge < -0.3 is 40.6 Å². The highest BCUT2D eigenvalue weighted by atomic mass is 32.1. The van der Waals surface area contributed by atoms with E-state index >= 15 is 0 Å². The number of nitrogens with one attached hydrogen (secondary N) is 4. The highest BCUT2D eigenvalue weighted by Crippen LogP contribution is 2.22. The van der Waals surface area contributed by atoms with E-state index < -0.39 is 59.7 Å². The van der Waals surface area contributed by atoms with Crippen LogP contribution in [0.1, 0.15) is 32.8 Å². The maximum atomic E-state index is 13.1. The van der Waals surface area contributed by atoms with Crippen LogP contribution in [-0.2, 0) is 39.8 Å². The zero-order valence-electron chi connectivity index (χ0n) is 22.3. The number of phenols is 1. The number of amides is 4. The van der Waals surface area contributed by atoms with Crippen molar-refractivity contribution < 1.29 is 43.3 Å². The van der Waals surface area contributed by atoms with Crippen molar-refractivity contribution in [2.24, 2.45) is 0 Å². The van der Waals surface area contributed by atoms with E-state index in [0.717, 1.165) is 5.56 Å². The summed E-state index contributed by atoms with van der Waals surface area (Å²) < 4.78 is 14.9. The van der Waals surface area contributed by atoms with Crippen molar-refractivity contribution in [1.29, 1.82) is 0 Å². The van der Waals surface area contributed by atoms with E-state index in [1.807, 2.05) is 0 Å². The minimum absolute atomic E-state index is 0.0697. The Kier molecular flexibility index (Phi) is 11.9. The summed E-state index contributed by atoms with van der Waals surface area (Å²) >= 11 is 4.13. The molecule has 14 heteroatoms. The van der Waals surface area contributed by atoms with Crippen molar-refractivity contribution in [3.05, 3.63) is 29.8 Å². The van der Waals surface area contributed by atoms with Gasteiger partial charge in [0.2, 0.25) is 17.7 Å². The summed E-state index contributed by atoms with van der Waals surface area (Å²) in [5.41, 5.74) is 0.0303. The predicted molar refractivity (Wildman–Crippen MR) is 142 cm³/mol. The highest BCUT2D eigenvalue weighted by Gasteiger charge is 2.46. The Morgan fingerprint density at radius 3 is 2.28 bits per heavy atom. The quantitative estimate of drug-likeness (QED) is 0.107. The molecule has 0 radical (unpaired) electrons. The van der Waals surface area contributed by atoms with Crippen LogP contribution in [0.5, 0.6) is 5.75 Å². The second-order valence-corrected chi connectivity index (χ2v) is 10.2. The lowest BCUT2D eigenvalue weighted by Crippen LogP contribution is -2.55. The number of aryl methyl sites for hydroxylation is 1. The molecule has 0 saturated carbocycles. The fourth-order valence-corrected chi connectivity index (χ4v) is 3.60. The van der Waals surface area contributed by atoms with Gasteiger partial charge in [-0.2, -0.15) is 12.6 Å². The number of carbonyl (C=O) groups is 5. The first-order chi connectivity index (χ1) is 18.3. The lowest BCUT2D eigenvalue weighted by atomic mass is 10.0. The molecule has 1 aromatic rings. The van der Waals surface area contributed by atoms with Crippen LogP contribution in [0.25, 0.3) is 0 Å². The van der Waals surface area contributed by atoms with E-state index in [1.54, 1.807) is 32.9 Å². The van der Waals surface area contributed by atoms with Gasteiger partial charge in [-0.25, -0.2) is 9.59 Å². The van der Waals surface area contributed by atoms with Gasteiger partial charge in [0.05, 0.1) is 13.7 Å². The number of ether oxygens (including phenoxy) is 3. The van der Waals surface area contributed by atoms with Crippen LogP contribution in [0, 0.1) is 0 Å². The number of benzene rings is 1. The van der Waals surface area contributed by atoms with Crippen LogP contribution >= 0.6 is 12.6 Å². The average molecular weight is 569 g/mol. The van der Waals surface area contributed by atoms with Crippen LogP contribution in [0.15, 0.2) is 24.3 Å². The molecule has 1 aromatic carbocycles. The summed E-state index contributed by atoms with van der Waals surface area (Å²) in [6.07, 6.45) is -1.45. The summed E-state index contributed by atoms with van der Waals surface area (Å²) in [5.74, 6) is -2.33. The van der Waals surface area contributed by atoms with Crippen LogP contribution in [0.4, 0.5) is 4.79 Å². The number of methoxy groups -OCH3 is 1. The van der Waals surface area contributed by atoms with Gasteiger partial charge in [-0.15, -0.1) is 0 Å².